The predicted octanol–water partition coefficient (Wildman–Crippen LogP) is 3.61. The van der Waals surface area contributed by atoms with Crippen molar-refractivity contribution in [1.82, 2.24) is 0 Å². The van der Waals surface area contributed by atoms with Crippen molar-refractivity contribution in [2.45, 2.75) is 12.8 Å². The van der Waals surface area contributed by atoms with Gasteiger partial charge >= 0.3 is 5.97 Å². The Bertz CT molecular complexity index is 956. The van der Waals surface area contributed by atoms with E-state index in [0.717, 1.165) is 6.07 Å². The highest BCUT2D eigenvalue weighted by atomic mass is 16.5. The van der Waals surface area contributed by atoms with E-state index < -0.39 is 5.97 Å². The van der Waals surface area contributed by atoms with Gasteiger partial charge in [0.15, 0.2) is 11.2 Å². The van der Waals surface area contributed by atoms with E-state index in [2.05, 4.69) is 0 Å². The van der Waals surface area contributed by atoms with E-state index in [1.165, 1.54) is 0 Å². The lowest BCUT2D eigenvalue weighted by molar-refractivity contribution is 0.0459. The van der Waals surface area contributed by atoms with Crippen LogP contribution in [0.4, 0.5) is 0 Å². The van der Waals surface area contributed by atoms with Gasteiger partial charge in [0.25, 0.3) is 0 Å². The maximum Gasteiger partial charge on any atom is 0.374 e. The molecule has 0 amide bonds. The minimum absolute atomic E-state index is 0.00566. The average Bonchev–Trinajstić information content (AvgIpc) is 2.65. The molecule has 0 saturated carbocycles. The summed E-state index contributed by atoms with van der Waals surface area (Å²) < 4.78 is 10.5. The van der Waals surface area contributed by atoms with E-state index in [1.807, 2.05) is 6.07 Å². The molecule has 25 heavy (non-hydrogen) atoms. The van der Waals surface area contributed by atoms with Crippen LogP contribution in [0, 0.1) is 0 Å². The van der Waals surface area contributed by atoms with Gasteiger partial charge in [-0.05, 0) is 18.6 Å². The summed E-state index contributed by atoms with van der Waals surface area (Å²) in [4.78, 5) is 35.9. The fraction of sp³-hybridized carbons (Fsp3) is 0.150. The van der Waals surface area contributed by atoms with Gasteiger partial charge in [0.05, 0.1) is 12.0 Å². The van der Waals surface area contributed by atoms with E-state index in [9.17, 15) is 14.4 Å². The summed E-state index contributed by atoms with van der Waals surface area (Å²) in [6.07, 6.45) is 0.677. The fourth-order valence-corrected chi connectivity index (χ4v) is 2.44. The number of esters is 1. The summed E-state index contributed by atoms with van der Waals surface area (Å²) >= 11 is 0. The molecule has 0 aliphatic carbocycles. The summed E-state index contributed by atoms with van der Waals surface area (Å²) in [5.74, 6) is -0.859. The quantitative estimate of drug-likeness (QED) is 0.390. The Morgan fingerprint density at radius 2 is 1.68 bits per heavy atom. The Morgan fingerprint density at radius 1 is 0.960 bits per heavy atom. The van der Waals surface area contributed by atoms with E-state index in [-0.39, 0.29) is 30.0 Å². The van der Waals surface area contributed by atoms with Crippen molar-refractivity contribution in [3.8, 4) is 0 Å². The zero-order chi connectivity index (χ0) is 17.6. The van der Waals surface area contributed by atoms with Crippen molar-refractivity contribution in [3.05, 3.63) is 82.2 Å². The molecule has 3 aromatic rings. The molecule has 5 heteroatoms. The van der Waals surface area contributed by atoms with Crippen molar-refractivity contribution >= 4 is 22.7 Å². The molecule has 0 bridgehead atoms. The smallest absolute Gasteiger partial charge is 0.374 e. The Morgan fingerprint density at radius 3 is 2.48 bits per heavy atom. The molecule has 0 aliphatic heterocycles. The number of rotatable bonds is 6. The van der Waals surface area contributed by atoms with Crippen LogP contribution in [0.1, 0.15) is 33.8 Å². The zero-order valence-electron chi connectivity index (χ0n) is 13.4. The summed E-state index contributed by atoms with van der Waals surface area (Å²) in [5, 5.41) is 0.410. The number of Topliss-reactive ketones (excluding diaryl/α,β-unsaturated/α-hetero) is 1. The molecule has 0 atom stereocenters. The predicted molar refractivity (Wildman–Crippen MR) is 92.8 cm³/mol. The molecule has 2 aromatic carbocycles. The minimum Gasteiger partial charge on any atom is -0.460 e. The number of benzene rings is 2. The fourth-order valence-electron chi connectivity index (χ4n) is 2.44. The molecule has 0 radical (unpaired) electrons. The largest absolute Gasteiger partial charge is 0.460 e. The lowest BCUT2D eigenvalue weighted by atomic mass is 10.1. The topological polar surface area (TPSA) is 73.6 Å². The SMILES string of the molecule is O=C(CCCOC(=O)c1cc(=O)c2ccccc2o1)c1ccccc1. The highest BCUT2D eigenvalue weighted by Crippen LogP contribution is 2.13. The van der Waals surface area contributed by atoms with Crippen LogP contribution in [-0.4, -0.2) is 18.4 Å². The van der Waals surface area contributed by atoms with Gasteiger partial charge in [-0.15, -0.1) is 0 Å². The molecular formula is C20H16O5. The van der Waals surface area contributed by atoms with Crippen molar-refractivity contribution in [1.29, 1.82) is 0 Å². The molecular weight excluding hydrogens is 320 g/mol. The van der Waals surface area contributed by atoms with Crippen molar-refractivity contribution in [3.63, 3.8) is 0 Å². The molecule has 126 valence electrons. The van der Waals surface area contributed by atoms with Crippen LogP contribution < -0.4 is 5.43 Å². The van der Waals surface area contributed by atoms with Crippen LogP contribution in [-0.2, 0) is 4.74 Å². The molecule has 0 fully saturated rings. The highest BCUT2D eigenvalue weighted by molar-refractivity contribution is 5.96. The standard InChI is InChI=1S/C20H16O5/c21-16(14-7-2-1-3-8-14)10-6-12-24-20(23)19-13-17(22)15-9-4-5-11-18(15)25-19/h1-5,7-9,11,13H,6,10,12H2. The van der Waals surface area contributed by atoms with Gasteiger partial charge in [-0.2, -0.15) is 0 Å². The normalized spacial score (nSPS) is 10.6. The third-order valence-corrected chi connectivity index (χ3v) is 3.71. The summed E-state index contributed by atoms with van der Waals surface area (Å²) in [6, 6.07) is 16.8. The van der Waals surface area contributed by atoms with Crippen LogP contribution >= 0.6 is 0 Å². The first kappa shape index (κ1) is 16.6. The summed E-state index contributed by atoms with van der Waals surface area (Å²) in [7, 11) is 0. The molecule has 1 aromatic heterocycles. The first-order valence-electron chi connectivity index (χ1n) is 7.93. The summed E-state index contributed by atoms with van der Waals surface area (Å²) in [5.41, 5.74) is 0.670. The number of para-hydroxylation sites is 1. The third kappa shape index (κ3) is 4.01. The van der Waals surface area contributed by atoms with Crippen LogP contribution in [0.25, 0.3) is 11.0 Å². The van der Waals surface area contributed by atoms with Gasteiger partial charge in [-0.3, -0.25) is 9.59 Å². The van der Waals surface area contributed by atoms with Gasteiger partial charge < -0.3 is 9.15 Å². The number of ketones is 1. The van der Waals surface area contributed by atoms with Crippen LogP contribution in [0.5, 0.6) is 0 Å². The maximum absolute atomic E-state index is 12.0. The van der Waals surface area contributed by atoms with Crippen LogP contribution in [0.15, 0.2) is 69.9 Å². The van der Waals surface area contributed by atoms with Crippen LogP contribution in [0.3, 0.4) is 0 Å². The van der Waals surface area contributed by atoms with Gasteiger partial charge in [-0.25, -0.2) is 4.79 Å². The first-order chi connectivity index (χ1) is 12.1. The van der Waals surface area contributed by atoms with Crippen molar-refractivity contribution in [2.24, 2.45) is 0 Å². The second-order valence-electron chi connectivity index (χ2n) is 5.50. The number of hydrogen-bond acceptors (Lipinski definition) is 5. The second-order valence-corrected chi connectivity index (χ2v) is 5.50. The number of fused-ring (bicyclic) bond motifs is 1. The average molecular weight is 336 g/mol. The van der Waals surface area contributed by atoms with E-state index >= 15 is 0 Å². The van der Waals surface area contributed by atoms with Crippen molar-refractivity contribution < 1.29 is 18.7 Å². The molecule has 0 spiro atoms. The lowest BCUT2D eigenvalue weighted by Crippen LogP contribution is -2.11. The van der Waals surface area contributed by atoms with Gasteiger partial charge in [0, 0.05) is 18.1 Å². The van der Waals surface area contributed by atoms with Gasteiger partial charge in [0.2, 0.25) is 5.76 Å². The molecule has 0 aliphatic rings. The monoisotopic (exact) mass is 336 g/mol. The number of carbonyl (C=O) groups excluding carboxylic acids is 2. The first-order valence-corrected chi connectivity index (χ1v) is 7.93. The molecule has 0 unspecified atom stereocenters. The Balaban J connectivity index is 1.56. The number of hydrogen-bond donors (Lipinski definition) is 0. The van der Waals surface area contributed by atoms with E-state index in [1.54, 1.807) is 48.5 Å². The summed E-state index contributed by atoms with van der Waals surface area (Å²) in [6.45, 7) is 0.0773. The zero-order valence-corrected chi connectivity index (χ0v) is 13.4. The highest BCUT2D eigenvalue weighted by Gasteiger charge is 2.14. The molecule has 1 heterocycles. The van der Waals surface area contributed by atoms with E-state index in [0.29, 0.717) is 23.0 Å². The molecule has 3 rings (SSSR count). The molecule has 5 nitrogen and oxygen atoms in total. The maximum atomic E-state index is 12.0. The Kier molecular flexibility index (Phi) is 5.04. The Labute approximate surface area is 143 Å². The Hall–Kier alpha value is -3.21. The lowest BCUT2D eigenvalue weighted by Gasteiger charge is -2.05. The second kappa shape index (κ2) is 7.57. The minimum atomic E-state index is -0.713. The number of carbonyl (C=O) groups is 2. The molecule has 0 saturated heterocycles. The van der Waals surface area contributed by atoms with Gasteiger partial charge in [-0.1, -0.05) is 42.5 Å². The van der Waals surface area contributed by atoms with Gasteiger partial charge in [0.1, 0.15) is 5.58 Å². The number of ether oxygens (including phenoxy) is 1. The van der Waals surface area contributed by atoms with E-state index in [4.69, 9.17) is 9.15 Å². The molecule has 0 N–H and O–H groups in total. The third-order valence-electron chi connectivity index (χ3n) is 3.71. The van der Waals surface area contributed by atoms with Crippen LogP contribution in [0.2, 0.25) is 0 Å². The van der Waals surface area contributed by atoms with Crippen molar-refractivity contribution in [2.75, 3.05) is 6.61 Å².